The van der Waals surface area contributed by atoms with Crippen LogP contribution >= 0.6 is 23.5 Å². The fourth-order valence-electron chi connectivity index (χ4n) is 2.99. The summed E-state index contributed by atoms with van der Waals surface area (Å²) in [6, 6.07) is 10.9. The van der Waals surface area contributed by atoms with Gasteiger partial charge in [-0.2, -0.15) is 0 Å². The Morgan fingerprint density at radius 1 is 0.897 bits per heavy atom. The van der Waals surface area contributed by atoms with Gasteiger partial charge in [-0.3, -0.25) is 0 Å². The highest BCUT2D eigenvalue weighted by molar-refractivity contribution is 7.98. The van der Waals surface area contributed by atoms with E-state index in [2.05, 4.69) is 76.7 Å². The van der Waals surface area contributed by atoms with Crippen molar-refractivity contribution in [3.63, 3.8) is 0 Å². The predicted molar refractivity (Wildman–Crippen MR) is 121 cm³/mol. The number of aromatic nitrogens is 5. The van der Waals surface area contributed by atoms with Crippen molar-refractivity contribution < 1.29 is 0 Å². The molecule has 0 amide bonds. The standard InChI is InChI=1S/C22H29N5S2/c1-7-27-19(14-28-20-23-15(2)12-16(3)24-20)25-26-21(27)29-13-17-8-10-18(11-9-17)22(4,5)6/h8-12H,7,13-14H2,1-6H3. The molecule has 2 aromatic heterocycles. The molecule has 0 unspecified atom stereocenters. The molecule has 2 heterocycles. The van der Waals surface area contributed by atoms with Crippen LogP contribution < -0.4 is 0 Å². The first-order valence-corrected chi connectivity index (χ1v) is 11.8. The molecule has 0 radical (unpaired) electrons. The van der Waals surface area contributed by atoms with Crippen LogP contribution in [0.1, 0.15) is 56.0 Å². The SMILES string of the molecule is CCn1c(CSc2nc(C)cc(C)n2)nnc1SCc1ccc(C(C)(C)C)cc1. The second kappa shape index (κ2) is 9.30. The summed E-state index contributed by atoms with van der Waals surface area (Å²) in [5.74, 6) is 2.56. The Morgan fingerprint density at radius 3 is 2.14 bits per heavy atom. The van der Waals surface area contributed by atoms with Gasteiger partial charge in [-0.1, -0.05) is 68.6 Å². The Kier molecular flexibility index (Phi) is 7.01. The summed E-state index contributed by atoms with van der Waals surface area (Å²) >= 11 is 3.34. The molecule has 0 aliphatic heterocycles. The normalized spacial score (nSPS) is 11.8. The summed E-state index contributed by atoms with van der Waals surface area (Å²) in [5.41, 5.74) is 4.82. The van der Waals surface area contributed by atoms with Crippen molar-refractivity contribution >= 4 is 23.5 Å². The molecule has 0 saturated heterocycles. The monoisotopic (exact) mass is 427 g/mol. The minimum atomic E-state index is 0.181. The number of benzene rings is 1. The van der Waals surface area contributed by atoms with Gasteiger partial charge >= 0.3 is 0 Å². The molecule has 154 valence electrons. The van der Waals surface area contributed by atoms with Crippen molar-refractivity contribution in [2.75, 3.05) is 0 Å². The van der Waals surface area contributed by atoms with Crippen LogP contribution in [-0.4, -0.2) is 24.7 Å². The molecule has 5 nitrogen and oxygen atoms in total. The quantitative estimate of drug-likeness (QED) is 0.362. The van der Waals surface area contributed by atoms with Crippen LogP contribution in [0.25, 0.3) is 0 Å². The molecule has 1 aromatic carbocycles. The molecule has 3 aromatic rings. The Labute approximate surface area is 182 Å². The van der Waals surface area contributed by atoms with E-state index in [1.54, 1.807) is 23.5 Å². The van der Waals surface area contributed by atoms with Crippen LogP contribution in [0.3, 0.4) is 0 Å². The largest absolute Gasteiger partial charge is 0.306 e. The number of thioether (sulfide) groups is 2. The van der Waals surface area contributed by atoms with E-state index < -0.39 is 0 Å². The zero-order chi connectivity index (χ0) is 21.0. The maximum Gasteiger partial charge on any atom is 0.191 e. The van der Waals surface area contributed by atoms with Crippen LogP contribution in [0.4, 0.5) is 0 Å². The van der Waals surface area contributed by atoms with Gasteiger partial charge in [-0.15, -0.1) is 10.2 Å². The van der Waals surface area contributed by atoms with Gasteiger partial charge in [-0.25, -0.2) is 9.97 Å². The Balaban J connectivity index is 1.64. The molecule has 3 rings (SSSR count). The lowest BCUT2D eigenvalue weighted by atomic mass is 9.87. The van der Waals surface area contributed by atoms with Crippen molar-refractivity contribution in [3.05, 3.63) is 58.7 Å². The first kappa shape index (κ1) is 21.8. The van der Waals surface area contributed by atoms with Gasteiger partial charge in [-0.05, 0) is 43.4 Å². The molecule has 0 aliphatic carbocycles. The smallest absolute Gasteiger partial charge is 0.191 e. The number of hydrogen-bond donors (Lipinski definition) is 0. The summed E-state index contributed by atoms with van der Waals surface area (Å²) in [6.07, 6.45) is 0. The minimum Gasteiger partial charge on any atom is -0.306 e. The third-order valence-corrected chi connectivity index (χ3v) is 6.47. The first-order valence-electron chi connectivity index (χ1n) is 9.85. The summed E-state index contributed by atoms with van der Waals surface area (Å²) in [7, 11) is 0. The van der Waals surface area contributed by atoms with E-state index in [9.17, 15) is 0 Å². The van der Waals surface area contributed by atoms with E-state index in [0.29, 0.717) is 5.75 Å². The van der Waals surface area contributed by atoms with E-state index in [1.807, 2.05) is 19.9 Å². The van der Waals surface area contributed by atoms with Gasteiger partial charge < -0.3 is 4.57 Å². The molecule has 29 heavy (non-hydrogen) atoms. The van der Waals surface area contributed by atoms with Crippen molar-refractivity contribution in [1.82, 2.24) is 24.7 Å². The molecular weight excluding hydrogens is 398 g/mol. The topological polar surface area (TPSA) is 56.5 Å². The third kappa shape index (κ3) is 5.82. The minimum absolute atomic E-state index is 0.181. The van der Waals surface area contributed by atoms with Crippen molar-refractivity contribution in [2.45, 2.75) is 75.3 Å². The van der Waals surface area contributed by atoms with Crippen molar-refractivity contribution in [2.24, 2.45) is 0 Å². The van der Waals surface area contributed by atoms with E-state index in [1.165, 1.54) is 11.1 Å². The maximum absolute atomic E-state index is 4.50. The van der Waals surface area contributed by atoms with Gasteiger partial charge in [0.2, 0.25) is 0 Å². The van der Waals surface area contributed by atoms with Crippen LogP contribution in [0.5, 0.6) is 0 Å². The highest BCUT2D eigenvalue weighted by Gasteiger charge is 2.15. The zero-order valence-corrected chi connectivity index (χ0v) is 19.7. The van der Waals surface area contributed by atoms with E-state index in [-0.39, 0.29) is 5.41 Å². The van der Waals surface area contributed by atoms with E-state index in [4.69, 9.17) is 0 Å². The average molecular weight is 428 g/mol. The zero-order valence-electron chi connectivity index (χ0n) is 18.1. The van der Waals surface area contributed by atoms with E-state index >= 15 is 0 Å². The lowest BCUT2D eigenvalue weighted by molar-refractivity contribution is 0.590. The van der Waals surface area contributed by atoms with Crippen molar-refractivity contribution in [1.29, 1.82) is 0 Å². The summed E-state index contributed by atoms with van der Waals surface area (Å²) < 4.78 is 2.18. The van der Waals surface area contributed by atoms with Crippen molar-refractivity contribution in [3.8, 4) is 0 Å². The lowest BCUT2D eigenvalue weighted by Gasteiger charge is -2.19. The first-order chi connectivity index (χ1) is 13.8. The van der Waals surface area contributed by atoms with Gasteiger partial charge in [0.05, 0.1) is 5.75 Å². The predicted octanol–water partition coefficient (Wildman–Crippen LogP) is 5.59. The average Bonchev–Trinajstić information content (AvgIpc) is 3.05. The molecule has 0 aliphatic rings. The molecular formula is C22H29N5S2. The third-order valence-electron chi connectivity index (χ3n) is 4.59. The number of nitrogens with zero attached hydrogens (tertiary/aromatic N) is 5. The van der Waals surface area contributed by atoms with Gasteiger partial charge in [0.15, 0.2) is 10.3 Å². The molecule has 0 N–H and O–H groups in total. The molecule has 0 fully saturated rings. The van der Waals surface area contributed by atoms with Crippen LogP contribution in [0.15, 0.2) is 40.6 Å². The Morgan fingerprint density at radius 2 is 1.55 bits per heavy atom. The van der Waals surface area contributed by atoms with Crippen LogP contribution in [-0.2, 0) is 23.5 Å². The second-order valence-corrected chi connectivity index (χ2v) is 9.99. The number of rotatable bonds is 7. The summed E-state index contributed by atoms with van der Waals surface area (Å²) in [4.78, 5) is 9.00. The fourth-order valence-corrected chi connectivity index (χ4v) is 4.85. The Hall–Kier alpha value is -1.86. The van der Waals surface area contributed by atoms with Gasteiger partial charge in [0.25, 0.3) is 0 Å². The van der Waals surface area contributed by atoms with Gasteiger partial charge in [0, 0.05) is 23.7 Å². The molecule has 0 spiro atoms. The van der Waals surface area contributed by atoms with Gasteiger partial charge in [0.1, 0.15) is 5.82 Å². The highest BCUT2D eigenvalue weighted by atomic mass is 32.2. The molecule has 0 atom stereocenters. The molecule has 7 heteroatoms. The second-order valence-electron chi connectivity index (χ2n) is 8.10. The summed E-state index contributed by atoms with van der Waals surface area (Å²) in [6.45, 7) is 13.7. The van der Waals surface area contributed by atoms with Crippen LogP contribution in [0, 0.1) is 13.8 Å². The Bertz CT molecular complexity index is 938. The molecule has 0 bridgehead atoms. The lowest BCUT2D eigenvalue weighted by Crippen LogP contribution is -2.10. The van der Waals surface area contributed by atoms with E-state index in [0.717, 1.165) is 39.8 Å². The highest BCUT2D eigenvalue weighted by Crippen LogP contribution is 2.27. The number of aryl methyl sites for hydroxylation is 2. The number of hydrogen-bond acceptors (Lipinski definition) is 6. The summed E-state index contributed by atoms with van der Waals surface area (Å²) in [5, 5.41) is 10.6. The fraction of sp³-hybridized carbons (Fsp3) is 0.455. The van der Waals surface area contributed by atoms with Crippen LogP contribution in [0.2, 0.25) is 0 Å². The molecule has 0 saturated carbocycles. The maximum atomic E-state index is 4.50.